The Labute approximate surface area is 277 Å². The molecule has 0 N–H and O–H groups in total. The van der Waals surface area contributed by atoms with Crippen LogP contribution in [-0.2, 0) is 16.2 Å². The lowest BCUT2D eigenvalue weighted by molar-refractivity contribution is 0.586. The van der Waals surface area contributed by atoms with Crippen molar-refractivity contribution in [2.24, 2.45) is 0 Å². The first-order valence-electron chi connectivity index (χ1n) is 16.4. The summed E-state index contributed by atoms with van der Waals surface area (Å²) in [5.74, 6) is 0. The van der Waals surface area contributed by atoms with Crippen LogP contribution in [0.2, 0.25) is 0 Å². The summed E-state index contributed by atoms with van der Waals surface area (Å²) in [4.78, 5) is 0. The Morgan fingerprint density at radius 2 is 1.00 bits per heavy atom. The molecule has 226 valence electrons. The third-order valence-electron chi connectivity index (χ3n) is 10.1. The summed E-state index contributed by atoms with van der Waals surface area (Å²) in [7, 11) is 0. The molecule has 1 heterocycles. The van der Waals surface area contributed by atoms with Gasteiger partial charge in [-0.25, -0.2) is 0 Å². The summed E-state index contributed by atoms with van der Waals surface area (Å²) < 4.78 is 2.70. The molecule has 0 amide bonds. The van der Waals surface area contributed by atoms with Gasteiger partial charge in [0.15, 0.2) is 0 Å². The van der Waals surface area contributed by atoms with Crippen molar-refractivity contribution in [3.63, 3.8) is 0 Å². The molecule has 0 unspecified atom stereocenters. The molecule has 0 fully saturated rings. The lowest BCUT2D eigenvalue weighted by Crippen LogP contribution is -2.29. The van der Waals surface area contributed by atoms with E-state index in [2.05, 4.69) is 175 Å². The molecule has 46 heavy (non-hydrogen) atoms. The number of thiophene rings is 1. The largest absolute Gasteiger partial charge is 0.135 e. The first-order chi connectivity index (χ1) is 22.1. The summed E-state index contributed by atoms with van der Waals surface area (Å²) >= 11 is 1.90. The zero-order valence-corrected chi connectivity index (χ0v) is 28.4. The minimum absolute atomic E-state index is 0.0373. The van der Waals surface area contributed by atoms with Crippen LogP contribution < -0.4 is 0 Å². The Bertz CT molecular complexity index is 2190. The maximum atomic E-state index is 2.50. The maximum absolute atomic E-state index is 2.50. The van der Waals surface area contributed by atoms with Crippen molar-refractivity contribution in [2.75, 3.05) is 0 Å². The molecule has 1 aromatic heterocycles. The minimum atomic E-state index is -0.434. The van der Waals surface area contributed by atoms with Gasteiger partial charge in [0.05, 0.1) is 5.41 Å². The van der Waals surface area contributed by atoms with Crippen molar-refractivity contribution in [3.8, 4) is 22.3 Å². The van der Waals surface area contributed by atoms with Crippen LogP contribution in [0.3, 0.4) is 0 Å². The molecular formula is C45H40S. The van der Waals surface area contributed by atoms with E-state index in [1.54, 1.807) is 0 Å². The van der Waals surface area contributed by atoms with Crippen molar-refractivity contribution in [2.45, 2.75) is 57.8 Å². The van der Waals surface area contributed by atoms with Crippen LogP contribution in [0.5, 0.6) is 0 Å². The van der Waals surface area contributed by atoms with Gasteiger partial charge >= 0.3 is 0 Å². The smallest absolute Gasteiger partial charge is 0.0713 e. The van der Waals surface area contributed by atoms with Gasteiger partial charge in [0, 0.05) is 20.2 Å². The van der Waals surface area contributed by atoms with E-state index in [9.17, 15) is 0 Å². The van der Waals surface area contributed by atoms with Gasteiger partial charge in [-0.05, 0) is 72.5 Å². The first-order valence-corrected chi connectivity index (χ1v) is 17.3. The van der Waals surface area contributed by atoms with E-state index in [4.69, 9.17) is 0 Å². The van der Waals surface area contributed by atoms with Gasteiger partial charge in [0.25, 0.3) is 0 Å². The molecule has 8 rings (SSSR count). The molecule has 6 aromatic carbocycles. The van der Waals surface area contributed by atoms with Gasteiger partial charge in [-0.2, -0.15) is 0 Å². The standard InChI is InChI=1S/C45H40S/c1-43(2,3)32-23-25-35-36-26-24-33(44(4,5)6)28-40(36)45(39(35)27-32,30-13-8-7-9-14-30)31-21-19-29(20-22-31)34-16-12-17-38-37-15-10-11-18-41(37)46-42(34)38/h7-28H,1-6H3. The highest BCUT2D eigenvalue weighted by molar-refractivity contribution is 7.26. The van der Waals surface area contributed by atoms with Crippen LogP contribution in [-0.4, -0.2) is 0 Å². The van der Waals surface area contributed by atoms with Crippen LogP contribution >= 0.6 is 11.3 Å². The van der Waals surface area contributed by atoms with Crippen LogP contribution in [0.15, 0.2) is 133 Å². The highest BCUT2D eigenvalue weighted by Crippen LogP contribution is 2.57. The normalized spacial score (nSPS) is 14.0. The van der Waals surface area contributed by atoms with Gasteiger partial charge in [0.2, 0.25) is 0 Å². The molecule has 0 aliphatic heterocycles. The number of benzene rings is 6. The zero-order valence-electron chi connectivity index (χ0n) is 27.6. The molecular weight excluding hydrogens is 573 g/mol. The third-order valence-corrected chi connectivity index (χ3v) is 11.3. The molecule has 1 aliphatic carbocycles. The van der Waals surface area contributed by atoms with Gasteiger partial charge < -0.3 is 0 Å². The molecule has 0 nitrogen and oxygen atoms in total. The Morgan fingerprint density at radius 1 is 0.457 bits per heavy atom. The van der Waals surface area contributed by atoms with Crippen molar-refractivity contribution >= 4 is 31.5 Å². The van der Waals surface area contributed by atoms with E-state index in [1.165, 1.54) is 75.8 Å². The van der Waals surface area contributed by atoms with E-state index in [1.807, 2.05) is 11.3 Å². The van der Waals surface area contributed by atoms with Crippen LogP contribution in [0.4, 0.5) is 0 Å². The lowest BCUT2D eigenvalue weighted by atomic mass is 9.66. The summed E-state index contributed by atoms with van der Waals surface area (Å²) in [5.41, 5.74) is 13.0. The van der Waals surface area contributed by atoms with E-state index >= 15 is 0 Å². The predicted molar refractivity (Wildman–Crippen MR) is 199 cm³/mol. The summed E-state index contributed by atoms with van der Waals surface area (Å²) in [6.07, 6.45) is 0. The predicted octanol–water partition coefficient (Wildman–Crippen LogP) is 12.7. The molecule has 0 saturated heterocycles. The Balaban J connectivity index is 1.41. The van der Waals surface area contributed by atoms with Gasteiger partial charge in [-0.3, -0.25) is 0 Å². The first kappa shape index (κ1) is 29.0. The fourth-order valence-corrected chi connectivity index (χ4v) is 8.85. The average molecular weight is 613 g/mol. The Morgan fingerprint density at radius 3 is 1.61 bits per heavy atom. The topological polar surface area (TPSA) is 0 Å². The van der Waals surface area contributed by atoms with E-state index in [0.717, 1.165) is 0 Å². The molecule has 0 bridgehead atoms. The van der Waals surface area contributed by atoms with E-state index in [0.29, 0.717) is 0 Å². The molecule has 1 aliphatic rings. The Kier molecular flexibility index (Phi) is 6.47. The minimum Gasteiger partial charge on any atom is -0.135 e. The average Bonchev–Trinajstić information content (AvgIpc) is 3.58. The molecule has 0 spiro atoms. The fraction of sp³-hybridized carbons (Fsp3) is 0.200. The molecule has 1 heteroatoms. The monoisotopic (exact) mass is 612 g/mol. The van der Waals surface area contributed by atoms with Crippen molar-refractivity contribution in [1.29, 1.82) is 0 Å². The number of fused-ring (bicyclic) bond motifs is 6. The number of rotatable bonds is 3. The lowest BCUT2D eigenvalue weighted by Gasteiger charge is -2.35. The third kappa shape index (κ3) is 4.32. The zero-order chi connectivity index (χ0) is 31.8. The molecule has 7 aromatic rings. The van der Waals surface area contributed by atoms with E-state index in [-0.39, 0.29) is 10.8 Å². The number of hydrogen-bond donors (Lipinski definition) is 0. The maximum Gasteiger partial charge on any atom is 0.0713 e. The second-order valence-electron chi connectivity index (χ2n) is 15.0. The molecule has 0 atom stereocenters. The van der Waals surface area contributed by atoms with Crippen molar-refractivity contribution in [3.05, 3.63) is 167 Å². The van der Waals surface area contributed by atoms with Crippen LogP contribution in [0, 0.1) is 0 Å². The highest BCUT2D eigenvalue weighted by Gasteiger charge is 2.47. The Hall–Kier alpha value is -4.46. The SMILES string of the molecule is CC(C)(C)c1ccc2c(c1)C(c1ccccc1)(c1ccc(-c3cccc4c3sc3ccccc34)cc1)c1cc(C(C)(C)C)ccc1-2. The summed E-state index contributed by atoms with van der Waals surface area (Å²) in [6, 6.07) is 50.7. The fourth-order valence-electron chi connectivity index (χ4n) is 7.61. The van der Waals surface area contributed by atoms with Crippen molar-refractivity contribution < 1.29 is 0 Å². The number of hydrogen-bond acceptors (Lipinski definition) is 1. The second kappa shape index (κ2) is 10.3. The molecule has 0 saturated carbocycles. The summed E-state index contributed by atoms with van der Waals surface area (Å²) in [5, 5.41) is 2.68. The van der Waals surface area contributed by atoms with Crippen LogP contribution in [0.25, 0.3) is 42.4 Å². The van der Waals surface area contributed by atoms with Gasteiger partial charge in [-0.1, -0.05) is 169 Å². The van der Waals surface area contributed by atoms with Gasteiger partial charge in [0.1, 0.15) is 0 Å². The summed E-state index contributed by atoms with van der Waals surface area (Å²) in [6.45, 7) is 13.9. The highest BCUT2D eigenvalue weighted by atomic mass is 32.1. The quantitative estimate of drug-likeness (QED) is 0.186. The van der Waals surface area contributed by atoms with Crippen LogP contribution in [0.1, 0.15) is 74.9 Å². The van der Waals surface area contributed by atoms with Crippen molar-refractivity contribution in [1.82, 2.24) is 0 Å². The van der Waals surface area contributed by atoms with Gasteiger partial charge in [-0.15, -0.1) is 11.3 Å². The second-order valence-corrected chi connectivity index (χ2v) is 16.0. The van der Waals surface area contributed by atoms with E-state index < -0.39 is 5.41 Å². The molecule has 0 radical (unpaired) electrons.